The van der Waals surface area contributed by atoms with Crippen molar-refractivity contribution in [1.29, 1.82) is 0 Å². The maximum absolute atomic E-state index is 14.7. The van der Waals surface area contributed by atoms with Crippen LogP contribution < -0.4 is 0 Å². The predicted molar refractivity (Wildman–Crippen MR) is 125 cm³/mol. The Kier molecular flexibility index (Phi) is 6.42. The average Bonchev–Trinajstić information content (AvgIpc) is 2.80. The van der Waals surface area contributed by atoms with Crippen LogP contribution >= 0.6 is 0 Å². The van der Waals surface area contributed by atoms with Crippen molar-refractivity contribution < 1.29 is 13.2 Å². The third kappa shape index (κ3) is 4.92. The number of halogens is 3. The zero-order valence-electron chi connectivity index (χ0n) is 17.6. The molecule has 0 aliphatic rings. The number of fused-ring (bicyclic) bond motifs is 1. The summed E-state index contributed by atoms with van der Waals surface area (Å²) in [6.45, 7) is 2.01. The molecule has 0 aliphatic heterocycles. The van der Waals surface area contributed by atoms with Gasteiger partial charge in [0, 0.05) is 5.56 Å². The molecule has 158 valence electrons. The third-order valence-electron chi connectivity index (χ3n) is 5.31. The molecule has 0 heterocycles. The molecule has 0 spiro atoms. The molecule has 0 bridgehead atoms. The molecule has 0 fully saturated rings. The molecule has 0 aliphatic carbocycles. The molecule has 4 rings (SSSR count). The third-order valence-corrected chi connectivity index (χ3v) is 5.31. The second-order valence-electron chi connectivity index (χ2n) is 7.58. The van der Waals surface area contributed by atoms with Crippen LogP contribution in [-0.4, -0.2) is 0 Å². The van der Waals surface area contributed by atoms with Crippen LogP contribution in [0.15, 0.2) is 84.9 Å². The van der Waals surface area contributed by atoms with Gasteiger partial charge in [-0.25, -0.2) is 13.2 Å². The fourth-order valence-corrected chi connectivity index (χ4v) is 3.54. The summed E-state index contributed by atoms with van der Waals surface area (Å²) in [7, 11) is 0. The lowest BCUT2D eigenvalue weighted by molar-refractivity contribution is 0.511. The summed E-state index contributed by atoms with van der Waals surface area (Å²) in [5.74, 6) is 3.55. The molecule has 32 heavy (non-hydrogen) atoms. The summed E-state index contributed by atoms with van der Waals surface area (Å²) in [6.07, 6.45) is 6.16. The van der Waals surface area contributed by atoms with Gasteiger partial charge in [-0.2, -0.15) is 0 Å². The minimum absolute atomic E-state index is 0.280. The van der Waals surface area contributed by atoms with Gasteiger partial charge in [0.1, 0.15) is 5.82 Å². The molecule has 4 aromatic carbocycles. The highest BCUT2D eigenvalue weighted by molar-refractivity contribution is 5.84. The molecule has 0 unspecified atom stereocenters. The first-order valence-corrected chi connectivity index (χ1v) is 10.4. The Labute approximate surface area is 186 Å². The predicted octanol–water partition coefficient (Wildman–Crippen LogP) is 7.83. The van der Waals surface area contributed by atoms with E-state index in [2.05, 4.69) is 30.0 Å². The Balaban J connectivity index is 1.54. The number of hydrogen-bond acceptors (Lipinski definition) is 0. The van der Waals surface area contributed by atoms with Crippen LogP contribution in [0.4, 0.5) is 13.2 Å². The van der Waals surface area contributed by atoms with E-state index in [0.29, 0.717) is 16.3 Å². The Bertz CT molecular complexity index is 1350. The van der Waals surface area contributed by atoms with E-state index in [9.17, 15) is 13.2 Å². The number of hydrogen-bond donors (Lipinski definition) is 0. The van der Waals surface area contributed by atoms with Crippen LogP contribution in [-0.2, 0) is 6.42 Å². The summed E-state index contributed by atoms with van der Waals surface area (Å²) >= 11 is 0. The lowest BCUT2D eigenvalue weighted by Crippen LogP contribution is -1.88. The van der Waals surface area contributed by atoms with Crippen molar-refractivity contribution in [1.82, 2.24) is 0 Å². The normalized spacial score (nSPS) is 11.0. The molecule has 0 aromatic heterocycles. The lowest BCUT2D eigenvalue weighted by Gasteiger charge is -2.05. The van der Waals surface area contributed by atoms with Gasteiger partial charge in [-0.15, -0.1) is 0 Å². The smallest absolute Gasteiger partial charge is 0.159 e. The van der Waals surface area contributed by atoms with E-state index >= 15 is 0 Å². The first-order valence-electron chi connectivity index (χ1n) is 10.4. The second-order valence-corrected chi connectivity index (χ2v) is 7.58. The van der Waals surface area contributed by atoms with Gasteiger partial charge in [-0.3, -0.25) is 0 Å². The molecule has 0 saturated heterocycles. The highest BCUT2D eigenvalue weighted by Crippen LogP contribution is 2.23. The van der Waals surface area contributed by atoms with Crippen LogP contribution in [0.2, 0.25) is 0 Å². The maximum Gasteiger partial charge on any atom is 0.159 e. The SMILES string of the molecule is C/C=C/CCc1ccc(-c2ccc(C#Cc3ccc4cc(F)c(F)cc4c3)c(F)c2)cc1. The molecule has 0 saturated carbocycles. The monoisotopic (exact) mass is 426 g/mol. The van der Waals surface area contributed by atoms with Gasteiger partial charge in [0.25, 0.3) is 0 Å². The minimum Gasteiger partial charge on any atom is -0.206 e. The fourth-order valence-electron chi connectivity index (χ4n) is 3.54. The Morgan fingerprint density at radius 3 is 2.12 bits per heavy atom. The highest BCUT2D eigenvalue weighted by atomic mass is 19.2. The molecule has 0 atom stereocenters. The van der Waals surface area contributed by atoms with Gasteiger partial charge in [0.2, 0.25) is 0 Å². The number of rotatable bonds is 4. The van der Waals surface area contributed by atoms with Gasteiger partial charge in [-0.1, -0.05) is 60.4 Å². The molecule has 0 N–H and O–H groups in total. The van der Waals surface area contributed by atoms with E-state index in [1.54, 1.807) is 24.3 Å². The molecule has 0 amide bonds. The number of allylic oxidation sites excluding steroid dienone is 2. The van der Waals surface area contributed by atoms with Crippen LogP contribution in [0.25, 0.3) is 21.9 Å². The Hall–Kier alpha value is -3.77. The van der Waals surface area contributed by atoms with E-state index in [1.165, 1.54) is 11.6 Å². The van der Waals surface area contributed by atoms with E-state index < -0.39 is 17.5 Å². The lowest BCUT2D eigenvalue weighted by atomic mass is 10.0. The summed E-state index contributed by atoms with van der Waals surface area (Å²) in [4.78, 5) is 0. The van der Waals surface area contributed by atoms with Crippen molar-refractivity contribution in [3.63, 3.8) is 0 Å². The Morgan fingerprint density at radius 1 is 0.688 bits per heavy atom. The van der Waals surface area contributed by atoms with E-state index in [-0.39, 0.29) is 5.56 Å². The van der Waals surface area contributed by atoms with Gasteiger partial charge in [0.15, 0.2) is 11.6 Å². The zero-order chi connectivity index (χ0) is 22.5. The van der Waals surface area contributed by atoms with Gasteiger partial charge >= 0.3 is 0 Å². The molecule has 3 heteroatoms. The molecular formula is C29H21F3. The summed E-state index contributed by atoms with van der Waals surface area (Å²) < 4.78 is 41.5. The molecule has 4 aromatic rings. The van der Waals surface area contributed by atoms with Crippen LogP contribution in [0.1, 0.15) is 30.0 Å². The van der Waals surface area contributed by atoms with Crippen LogP contribution in [0, 0.1) is 29.3 Å². The highest BCUT2D eigenvalue weighted by Gasteiger charge is 2.06. The Morgan fingerprint density at radius 2 is 1.41 bits per heavy atom. The minimum atomic E-state index is -0.907. The molecule has 0 nitrogen and oxygen atoms in total. The molecular weight excluding hydrogens is 405 g/mol. The van der Waals surface area contributed by atoms with Crippen molar-refractivity contribution >= 4 is 10.8 Å². The topological polar surface area (TPSA) is 0 Å². The van der Waals surface area contributed by atoms with Crippen LogP contribution in [0.5, 0.6) is 0 Å². The van der Waals surface area contributed by atoms with E-state index in [0.717, 1.165) is 36.1 Å². The standard InChI is InChI=1S/C29H21F3/c1-2-3-4-5-20-6-10-22(11-7-20)24-15-14-23(27(30)17-24)12-8-21-9-13-25-18-28(31)29(32)19-26(25)16-21/h2-3,6-7,9-11,13-19H,4-5H2,1H3/b3-2+. The zero-order valence-corrected chi connectivity index (χ0v) is 17.6. The maximum atomic E-state index is 14.7. The van der Waals surface area contributed by atoms with E-state index in [1.807, 2.05) is 31.2 Å². The largest absolute Gasteiger partial charge is 0.206 e. The first-order chi connectivity index (χ1) is 15.5. The van der Waals surface area contributed by atoms with Crippen molar-refractivity contribution in [3.05, 3.63) is 119 Å². The average molecular weight is 426 g/mol. The van der Waals surface area contributed by atoms with Gasteiger partial charge < -0.3 is 0 Å². The first kappa shape index (κ1) is 21.5. The van der Waals surface area contributed by atoms with Crippen molar-refractivity contribution in [3.8, 4) is 23.0 Å². The number of aryl methyl sites for hydroxylation is 1. The van der Waals surface area contributed by atoms with Gasteiger partial charge in [0.05, 0.1) is 5.56 Å². The number of benzene rings is 4. The van der Waals surface area contributed by atoms with Crippen LogP contribution in [0.3, 0.4) is 0 Å². The summed E-state index contributed by atoms with van der Waals surface area (Å²) in [5, 5.41) is 1.12. The van der Waals surface area contributed by atoms with Crippen molar-refractivity contribution in [2.24, 2.45) is 0 Å². The second kappa shape index (κ2) is 9.58. The van der Waals surface area contributed by atoms with Gasteiger partial charge in [-0.05, 0) is 83.6 Å². The fraction of sp³-hybridized carbons (Fsp3) is 0.103. The van der Waals surface area contributed by atoms with Crippen molar-refractivity contribution in [2.75, 3.05) is 0 Å². The summed E-state index contributed by atoms with van der Waals surface area (Å²) in [5.41, 5.74) is 3.86. The van der Waals surface area contributed by atoms with E-state index in [4.69, 9.17) is 0 Å². The van der Waals surface area contributed by atoms with Crippen molar-refractivity contribution in [2.45, 2.75) is 19.8 Å². The molecule has 0 radical (unpaired) electrons. The summed E-state index contributed by atoms with van der Waals surface area (Å²) in [6, 6.07) is 20.5. The quantitative estimate of drug-likeness (QED) is 0.230.